The number of halogens is 1. The first-order chi connectivity index (χ1) is 15.9. The quantitative estimate of drug-likeness (QED) is 0.399. The molecule has 2 amide bonds. The second kappa shape index (κ2) is 10.2. The normalized spacial score (nSPS) is 13.0. The SMILES string of the molecule is O=C(O)CC(NC(=O)OCC1c2ccccc2-c2ccccc21)C(=O)NCc1cc(Br)cs1. The second-order valence-corrected chi connectivity index (χ2v) is 9.48. The predicted octanol–water partition coefficient (Wildman–Crippen LogP) is 4.51. The number of carbonyl (C=O) groups excluding carboxylic acids is 2. The largest absolute Gasteiger partial charge is 0.481 e. The van der Waals surface area contributed by atoms with E-state index in [0.717, 1.165) is 31.6 Å². The van der Waals surface area contributed by atoms with Gasteiger partial charge in [-0.1, -0.05) is 48.5 Å². The van der Waals surface area contributed by atoms with Gasteiger partial charge in [-0.05, 0) is 44.3 Å². The lowest BCUT2D eigenvalue weighted by Gasteiger charge is -2.18. The van der Waals surface area contributed by atoms with Crippen LogP contribution in [0.15, 0.2) is 64.5 Å². The van der Waals surface area contributed by atoms with Crippen LogP contribution in [0, 0.1) is 0 Å². The first-order valence-corrected chi connectivity index (χ1v) is 11.9. The number of aliphatic carboxylic acids is 1. The Bertz CT molecular complexity index is 1150. The van der Waals surface area contributed by atoms with E-state index in [-0.39, 0.29) is 19.1 Å². The molecule has 170 valence electrons. The van der Waals surface area contributed by atoms with Crippen LogP contribution >= 0.6 is 27.3 Å². The summed E-state index contributed by atoms with van der Waals surface area (Å²) in [7, 11) is 0. The van der Waals surface area contributed by atoms with Gasteiger partial charge in [-0.2, -0.15) is 0 Å². The fourth-order valence-corrected chi connectivity index (χ4v) is 5.30. The van der Waals surface area contributed by atoms with Crippen LogP contribution in [-0.4, -0.2) is 35.7 Å². The summed E-state index contributed by atoms with van der Waals surface area (Å²) in [5.74, 6) is -1.92. The summed E-state index contributed by atoms with van der Waals surface area (Å²) in [4.78, 5) is 37.2. The number of fused-ring (bicyclic) bond motifs is 3. The van der Waals surface area contributed by atoms with E-state index in [2.05, 4.69) is 26.6 Å². The molecule has 1 aliphatic rings. The standard InChI is InChI=1S/C24H21BrN2O5S/c25-14-9-15(33-13-14)11-26-23(30)21(10-22(28)29)27-24(31)32-12-20-18-7-3-1-5-16(18)17-6-2-4-8-19(17)20/h1-9,13,20-21H,10-12H2,(H,26,30)(H,27,31)(H,28,29). The number of alkyl carbamates (subject to hydrolysis) is 1. The van der Waals surface area contributed by atoms with E-state index in [0.29, 0.717) is 0 Å². The van der Waals surface area contributed by atoms with Crippen LogP contribution in [0.2, 0.25) is 0 Å². The highest BCUT2D eigenvalue weighted by atomic mass is 79.9. The lowest BCUT2D eigenvalue weighted by Crippen LogP contribution is -2.47. The zero-order chi connectivity index (χ0) is 23.4. The Hall–Kier alpha value is -3.17. The van der Waals surface area contributed by atoms with Crippen molar-refractivity contribution in [3.05, 3.63) is 80.5 Å². The predicted molar refractivity (Wildman–Crippen MR) is 128 cm³/mol. The maximum atomic E-state index is 12.5. The van der Waals surface area contributed by atoms with Crippen molar-refractivity contribution in [1.82, 2.24) is 10.6 Å². The van der Waals surface area contributed by atoms with Crippen molar-refractivity contribution in [3.8, 4) is 11.1 Å². The first-order valence-electron chi connectivity index (χ1n) is 10.3. The summed E-state index contributed by atoms with van der Waals surface area (Å²) in [6.45, 7) is 0.308. The molecule has 0 radical (unpaired) electrons. The molecule has 4 rings (SSSR count). The van der Waals surface area contributed by atoms with Gasteiger partial charge < -0.3 is 20.5 Å². The van der Waals surface area contributed by atoms with Crippen LogP contribution < -0.4 is 10.6 Å². The molecule has 7 nitrogen and oxygen atoms in total. The van der Waals surface area contributed by atoms with Crippen molar-refractivity contribution >= 4 is 45.2 Å². The molecule has 0 fully saturated rings. The van der Waals surface area contributed by atoms with Gasteiger partial charge in [0.25, 0.3) is 0 Å². The summed E-state index contributed by atoms with van der Waals surface area (Å²) in [6.07, 6.45) is -1.39. The first kappa shape index (κ1) is 23.0. The lowest BCUT2D eigenvalue weighted by atomic mass is 9.98. The summed E-state index contributed by atoms with van der Waals surface area (Å²) in [5.41, 5.74) is 4.33. The molecule has 1 atom stereocenters. The van der Waals surface area contributed by atoms with E-state index in [1.165, 1.54) is 11.3 Å². The third-order valence-electron chi connectivity index (χ3n) is 5.39. The highest BCUT2D eigenvalue weighted by Gasteiger charge is 2.30. The summed E-state index contributed by atoms with van der Waals surface area (Å²) >= 11 is 4.80. The Labute approximate surface area is 202 Å². The number of benzene rings is 2. The molecular weight excluding hydrogens is 508 g/mol. The van der Waals surface area contributed by atoms with Gasteiger partial charge in [-0.3, -0.25) is 9.59 Å². The van der Waals surface area contributed by atoms with E-state index in [9.17, 15) is 19.5 Å². The van der Waals surface area contributed by atoms with Gasteiger partial charge in [0.15, 0.2) is 0 Å². The molecule has 2 aromatic carbocycles. The molecule has 1 aromatic heterocycles. The van der Waals surface area contributed by atoms with E-state index in [4.69, 9.17) is 4.74 Å². The maximum Gasteiger partial charge on any atom is 0.407 e. The van der Waals surface area contributed by atoms with E-state index < -0.39 is 30.4 Å². The summed E-state index contributed by atoms with van der Waals surface area (Å²) < 4.78 is 6.34. The lowest BCUT2D eigenvalue weighted by molar-refractivity contribution is -0.139. The van der Waals surface area contributed by atoms with Crippen LogP contribution in [0.5, 0.6) is 0 Å². The maximum absolute atomic E-state index is 12.5. The molecule has 33 heavy (non-hydrogen) atoms. The summed E-state index contributed by atoms with van der Waals surface area (Å²) in [5, 5.41) is 16.1. The van der Waals surface area contributed by atoms with Crippen LogP contribution in [0.25, 0.3) is 11.1 Å². The minimum atomic E-state index is -1.25. The average molecular weight is 529 g/mol. The number of rotatable bonds is 8. The van der Waals surface area contributed by atoms with Crippen molar-refractivity contribution in [3.63, 3.8) is 0 Å². The zero-order valence-electron chi connectivity index (χ0n) is 17.4. The van der Waals surface area contributed by atoms with Gasteiger partial charge in [0.05, 0.1) is 13.0 Å². The van der Waals surface area contributed by atoms with E-state index >= 15 is 0 Å². The van der Waals surface area contributed by atoms with Crippen LogP contribution in [0.3, 0.4) is 0 Å². The Balaban J connectivity index is 1.38. The van der Waals surface area contributed by atoms with E-state index in [1.807, 2.05) is 60.0 Å². The number of carboxylic acid groups (broad SMARTS) is 1. The summed E-state index contributed by atoms with van der Waals surface area (Å²) in [6, 6.07) is 16.5. The number of carbonyl (C=O) groups is 3. The topological polar surface area (TPSA) is 105 Å². The average Bonchev–Trinajstić information content (AvgIpc) is 3.36. The Kier molecular flexibility index (Phi) is 7.10. The smallest absolute Gasteiger partial charge is 0.407 e. The highest BCUT2D eigenvalue weighted by molar-refractivity contribution is 9.10. The third-order valence-corrected chi connectivity index (χ3v) is 7.09. The number of carboxylic acids is 1. The molecule has 1 unspecified atom stereocenters. The van der Waals surface area contributed by atoms with Crippen molar-refractivity contribution in [2.75, 3.05) is 6.61 Å². The van der Waals surface area contributed by atoms with Gasteiger partial charge >= 0.3 is 12.1 Å². The van der Waals surface area contributed by atoms with Crippen molar-refractivity contribution in [1.29, 1.82) is 0 Å². The number of hydrogen-bond acceptors (Lipinski definition) is 5. The number of amides is 2. The third kappa shape index (κ3) is 5.43. The van der Waals surface area contributed by atoms with Crippen molar-refractivity contribution < 1.29 is 24.2 Å². The van der Waals surface area contributed by atoms with E-state index in [1.54, 1.807) is 0 Å². The zero-order valence-corrected chi connectivity index (χ0v) is 19.8. The molecule has 9 heteroatoms. The number of nitrogens with one attached hydrogen (secondary N) is 2. The van der Waals surface area contributed by atoms with Gasteiger partial charge in [-0.15, -0.1) is 11.3 Å². The molecule has 1 aliphatic carbocycles. The molecule has 0 saturated carbocycles. The highest BCUT2D eigenvalue weighted by Crippen LogP contribution is 2.44. The molecule has 0 saturated heterocycles. The van der Waals surface area contributed by atoms with Gasteiger partial charge in [0, 0.05) is 20.6 Å². The molecule has 0 aliphatic heterocycles. The molecule has 0 spiro atoms. The Morgan fingerprint density at radius 2 is 1.70 bits per heavy atom. The minimum Gasteiger partial charge on any atom is -0.481 e. The fourth-order valence-electron chi connectivity index (χ4n) is 3.91. The number of hydrogen-bond donors (Lipinski definition) is 3. The second-order valence-electron chi connectivity index (χ2n) is 7.57. The number of thiophene rings is 1. The van der Waals surface area contributed by atoms with Crippen LogP contribution in [-0.2, 0) is 20.9 Å². The van der Waals surface area contributed by atoms with Crippen molar-refractivity contribution in [2.24, 2.45) is 0 Å². The monoisotopic (exact) mass is 528 g/mol. The fraction of sp³-hybridized carbons (Fsp3) is 0.208. The van der Waals surface area contributed by atoms with Gasteiger partial charge in [0.1, 0.15) is 12.6 Å². The minimum absolute atomic E-state index is 0.0739. The van der Waals surface area contributed by atoms with Crippen LogP contribution in [0.1, 0.15) is 28.3 Å². The number of ether oxygens (including phenoxy) is 1. The van der Waals surface area contributed by atoms with Crippen molar-refractivity contribution in [2.45, 2.75) is 24.9 Å². The van der Waals surface area contributed by atoms with Gasteiger partial charge in [0.2, 0.25) is 5.91 Å². The molecule has 3 N–H and O–H groups in total. The van der Waals surface area contributed by atoms with Crippen LogP contribution in [0.4, 0.5) is 4.79 Å². The molecule has 1 heterocycles. The molecule has 0 bridgehead atoms. The molecule has 3 aromatic rings. The Morgan fingerprint density at radius 3 is 2.27 bits per heavy atom. The Morgan fingerprint density at radius 1 is 1.06 bits per heavy atom. The van der Waals surface area contributed by atoms with Gasteiger partial charge in [-0.25, -0.2) is 4.79 Å². The molecular formula is C24H21BrN2O5S.